The number of ketones is 1. The number of carboxylic acid groups (broad SMARTS) is 1. The maximum atomic E-state index is 12.1. The lowest BCUT2D eigenvalue weighted by Crippen LogP contribution is -2.50. The molecule has 1 saturated heterocycles. The molecule has 0 aromatic heterocycles. The number of rotatable bonds is 4. The molecule has 0 bridgehead atoms. The van der Waals surface area contributed by atoms with E-state index in [0.29, 0.717) is 43.7 Å². The number of anilines is 1. The fraction of sp³-hybridized carbons (Fsp3) is 0.517. The molecule has 1 N–H and O–H groups in total. The Morgan fingerprint density at radius 3 is 2.83 bits per heavy atom. The summed E-state index contributed by atoms with van der Waals surface area (Å²) in [7, 11) is 0. The van der Waals surface area contributed by atoms with E-state index in [1.807, 2.05) is 6.07 Å². The smallest absolute Gasteiger partial charge is 0.335 e. The minimum absolute atomic E-state index is 0.00422. The van der Waals surface area contributed by atoms with Crippen molar-refractivity contribution in [2.75, 3.05) is 31.2 Å². The lowest BCUT2D eigenvalue weighted by molar-refractivity contribution is -0.135. The summed E-state index contributed by atoms with van der Waals surface area (Å²) in [4.78, 5) is 26.3. The number of hydrogen-bond donors (Lipinski definition) is 1. The second-order valence-electron chi connectivity index (χ2n) is 11.0. The van der Waals surface area contributed by atoms with Gasteiger partial charge in [-0.1, -0.05) is 17.7 Å². The number of aryl methyl sites for hydroxylation is 1. The highest BCUT2D eigenvalue weighted by atomic mass is 35.5. The molecule has 2 aromatic carbocycles. The van der Waals surface area contributed by atoms with Crippen LogP contribution in [0.3, 0.4) is 0 Å². The van der Waals surface area contributed by atoms with Crippen molar-refractivity contribution in [3.63, 3.8) is 0 Å². The summed E-state index contributed by atoms with van der Waals surface area (Å²) in [6.45, 7) is 2.62. The number of aromatic carboxylic acids is 1. The molecule has 0 radical (unpaired) electrons. The van der Waals surface area contributed by atoms with Gasteiger partial charge in [0.25, 0.3) is 0 Å². The van der Waals surface area contributed by atoms with Crippen LogP contribution in [0.15, 0.2) is 36.4 Å². The van der Waals surface area contributed by atoms with Crippen LogP contribution >= 0.6 is 11.6 Å². The number of nitrogens with zero attached hydrogens (tertiary/aromatic N) is 1. The minimum atomic E-state index is -0.940. The molecule has 1 spiro atoms. The SMILES string of the molecule is O=C1CCO[C@H]([C@@H]2CC[C@H]2CN2CC3(CCCc4cc(Cl)ccc43)COc3ccc(C(=O)O)cc32)C1. The maximum Gasteiger partial charge on any atom is 0.335 e. The summed E-state index contributed by atoms with van der Waals surface area (Å²) < 4.78 is 12.5. The van der Waals surface area contributed by atoms with Crippen LogP contribution in [0, 0.1) is 11.8 Å². The highest BCUT2D eigenvalue weighted by Gasteiger charge is 2.45. The highest BCUT2D eigenvalue weighted by Crippen LogP contribution is 2.47. The fourth-order valence-corrected chi connectivity index (χ4v) is 7.02. The third kappa shape index (κ3) is 4.28. The minimum Gasteiger partial charge on any atom is -0.490 e. The van der Waals surface area contributed by atoms with Crippen molar-refractivity contribution < 1.29 is 24.2 Å². The molecule has 190 valence electrons. The Bertz CT molecular complexity index is 1200. The molecule has 6 rings (SSSR count). The largest absolute Gasteiger partial charge is 0.490 e. The standard InChI is InChI=1S/C29H32ClNO5/c30-21-5-7-24-18(12-21)2-1-10-29(24)16-31(25-13-19(28(33)34)4-8-26(25)36-17-29)15-20-3-6-23(20)27-14-22(32)9-11-35-27/h4-5,7-8,12-13,20,23,27H,1-3,6,9-11,14-17H2,(H,33,34)/t20-,23+,27-,29?/m0/s1. The van der Waals surface area contributed by atoms with E-state index in [4.69, 9.17) is 21.1 Å². The van der Waals surface area contributed by atoms with Gasteiger partial charge >= 0.3 is 5.97 Å². The summed E-state index contributed by atoms with van der Waals surface area (Å²) >= 11 is 6.35. The Kier molecular flexibility index (Phi) is 6.21. The van der Waals surface area contributed by atoms with Crippen molar-refractivity contribution in [1.29, 1.82) is 0 Å². The number of benzene rings is 2. The van der Waals surface area contributed by atoms with Gasteiger partial charge in [-0.05, 0) is 85.4 Å². The Morgan fingerprint density at radius 2 is 2.06 bits per heavy atom. The monoisotopic (exact) mass is 509 g/mol. The summed E-state index contributed by atoms with van der Waals surface area (Å²) in [5, 5.41) is 10.5. The second-order valence-corrected chi connectivity index (χ2v) is 11.4. The van der Waals surface area contributed by atoms with E-state index in [9.17, 15) is 14.7 Å². The topological polar surface area (TPSA) is 76.1 Å². The van der Waals surface area contributed by atoms with Crippen LogP contribution in [0.4, 0.5) is 5.69 Å². The first-order valence-corrected chi connectivity index (χ1v) is 13.5. The molecular weight excluding hydrogens is 478 g/mol. The normalized spacial score (nSPS) is 29.5. The van der Waals surface area contributed by atoms with Crippen molar-refractivity contribution in [3.8, 4) is 5.75 Å². The Balaban J connectivity index is 1.35. The zero-order valence-electron chi connectivity index (χ0n) is 20.4. The van der Waals surface area contributed by atoms with Crippen molar-refractivity contribution in [1.82, 2.24) is 0 Å². The molecule has 4 atom stereocenters. The molecule has 2 aliphatic carbocycles. The van der Waals surface area contributed by atoms with E-state index in [-0.39, 0.29) is 17.1 Å². The van der Waals surface area contributed by atoms with E-state index in [1.54, 1.807) is 18.2 Å². The molecule has 1 unspecified atom stereocenters. The first-order valence-electron chi connectivity index (χ1n) is 13.1. The van der Waals surface area contributed by atoms with Crippen molar-refractivity contribution in [2.24, 2.45) is 11.8 Å². The van der Waals surface area contributed by atoms with E-state index < -0.39 is 5.97 Å². The molecule has 4 aliphatic rings. The number of fused-ring (bicyclic) bond motifs is 3. The molecule has 2 heterocycles. The number of Topliss-reactive ketones (excluding diaryl/α,β-unsaturated/α-hetero) is 1. The lowest BCUT2D eigenvalue weighted by Gasteiger charge is -2.47. The zero-order chi connectivity index (χ0) is 24.9. The Morgan fingerprint density at radius 1 is 1.17 bits per heavy atom. The van der Waals surface area contributed by atoms with Gasteiger partial charge in [0.2, 0.25) is 0 Å². The molecule has 2 fully saturated rings. The molecule has 36 heavy (non-hydrogen) atoms. The maximum absolute atomic E-state index is 12.1. The van der Waals surface area contributed by atoms with Gasteiger partial charge in [0.05, 0.1) is 30.6 Å². The average Bonchev–Trinajstić information content (AvgIpc) is 2.99. The van der Waals surface area contributed by atoms with E-state index in [0.717, 1.165) is 61.7 Å². The van der Waals surface area contributed by atoms with Gasteiger partial charge in [-0.2, -0.15) is 0 Å². The Hall–Kier alpha value is -2.57. The van der Waals surface area contributed by atoms with Crippen LogP contribution in [-0.4, -0.2) is 49.3 Å². The van der Waals surface area contributed by atoms with E-state index >= 15 is 0 Å². The Labute approximate surface area is 216 Å². The van der Waals surface area contributed by atoms with Crippen LogP contribution in [0.5, 0.6) is 5.75 Å². The van der Waals surface area contributed by atoms with Gasteiger partial charge in [-0.25, -0.2) is 4.79 Å². The van der Waals surface area contributed by atoms with Crippen LogP contribution in [-0.2, 0) is 21.4 Å². The van der Waals surface area contributed by atoms with Gasteiger partial charge in [0, 0.05) is 36.4 Å². The predicted molar refractivity (Wildman–Crippen MR) is 137 cm³/mol. The van der Waals surface area contributed by atoms with Gasteiger partial charge in [0.15, 0.2) is 0 Å². The van der Waals surface area contributed by atoms with Crippen LogP contribution in [0.2, 0.25) is 5.02 Å². The molecule has 0 amide bonds. The predicted octanol–water partition coefficient (Wildman–Crippen LogP) is 5.29. The van der Waals surface area contributed by atoms with Gasteiger partial charge in [-0.15, -0.1) is 0 Å². The summed E-state index contributed by atoms with van der Waals surface area (Å²) in [5.74, 6) is 0.847. The molecular formula is C29H32ClNO5. The molecule has 2 aliphatic heterocycles. The molecule has 1 saturated carbocycles. The molecule has 6 nitrogen and oxygen atoms in total. The first-order chi connectivity index (χ1) is 17.4. The number of carbonyl (C=O) groups excluding carboxylic acids is 1. The molecule has 2 aromatic rings. The summed E-state index contributed by atoms with van der Waals surface area (Å²) in [5.41, 5.74) is 3.49. The van der Waals surface area contributed by atoms with Crippen molar-refractivity contribution in [3.05, 3.63) is 58.1 Å². The molecule has 7 heteroatoms. The average molecular weight is 510 g/mol. The zero-order valence-corrected chi connectivity index (χ0v) is 21.1. The van der Waals surface area contributed by atoms with Crippen LogP contribution in [0.1, 0.15) is 60.0 Å². The quantitative estimate of drug-likeness (QED) is 0.604. The number of carboxylic acids is 1. The number of carbonyl (C=O) groups is 2. The number of hydrogen-bond acceptors (Lipinski definition) is 5. The first kappa shape index (κ1) is 23.8. The fourth-order valence-electron chi connectivity index (χ4n) is 6.83. The van der Waals surface area contributed by atoms with Crippen molar-refractivity contribution in [2.45, 2.75) is 56.5 Å². The lowest BCUT2D eigenvalue weighted by atomic mass is 9.67. The van der Waals surface area contributed by atoms with Crippen LogP contribution in [0.25, 0.3) is 0 Å². The van der Waals surface area contributed by atoms with Crippen LogP contribution < -0.4 is 9.64 Å². The van der Waals surface area contributed by atoms with E-state index in [1.165, 1.54) is 11.1 Å². The highest BCUT2D eigenvalue weighted by molar-refractivity contribution is 6.30. The number of halogens is 1. The number of ether oxygens (including phenoxy) is 2. The second kappa shape index (κ2) is 9.38. The third-order valence-electron chi connectivity index (χ3n) is 8.83. The van der Waals surface area contributed by atoms with Gasteiger partial charge < -0.3 is 19.5 Å². The van der Waals surface area contributed by atoms with Crippen molar-refractivity contribution >= 4 is 29.0 Å². The third-order valence-corrected chi connectivity index (χ3v) is 9.07. The van der Waals surface area contributed by atoms with Gasteiger partial charge in [-0.3, -0.25) is 4.79 Å². The summed E-state index contributed by atoms with van der Waals surface area (Å²) in [6, 6.07) is 11.4. The van der Waals surface area contributed by atoms with Gasteiger partial charge in [0.1, 0.15) is 11.5 Å². The van der Waals surface area contributed by atoms with E-state index in [2.05, 4.69) is 17.0 Å². The summed E-state index contributed by atoms with van der Waals surface area (Å²) in [6.07, 6.45) is 6.27.